The number of rotatable bonds is 4. The van der Waals surface area contributed by atoms with Crippen molar-refractivity contribution in [1.82, 2.24) is 10.3 Å². The average Bonchev–Trinajstić information content (AvgIpc) is 3.10. The van der Waals surface area contributed by atoms with E-state index in [0.717, 1.165) is 29.7 Å². The second kappa shape index (κ2) is 8.26. The third kappa shape index (κ3) is 4.00. The summed E-state index contributed by atoms with van der Waals surface area (Å²) in [5.41, 5.74) is 9.91. The van der Waals surface area contributed by atoms with Crippen LogP contribution in [0.3, 0.4) is 0 Å². The lowest BCUT2D eigenvalue weighted by Gasteiger charge is -2.36. The van der Waals surface area contributed by atoms with E-state index in [1.807, 2.05) is 40.7 Å². The van der Waals surface area contributed by atoms with Crippen LogP contribution in [0.25, 0.3) is 0 Å². The van der Waals surface area contributed by atoms with Crippen LogP contribution >= 0.6 is 0 Å². The molecule has 0 spiro atoms. The molecule has 4 rings (SSSR count). The van der Waals surface area contributed by atoms with Gasteiger partial charge in [0.1, 0.15) is 6.10 Å². The molecule has 4 N–H and O–H groups in total. The SMILES string of the molecule is Cc1cc(C)c(CNC(=O)c2cc(C)c3c(c2C)OC(C)([C@@H]2CC[C@@H](N)CO2)O3)c(=O)[nH]1. The minimum Gasteiger partial charge on any atom is -0.446 e. The second-order valence-corrected chi connectivity index (χ2v) is 9.03. The van der Waals surface area contributed by atoms with Crippen molar-refractivity contribution in [2.45, 2.75) is 71.9 Å². The molecule has 3 atom stereocenters. The minimum atomic E-state index is -0.973. The number of aryl methyl sites for hydroxylation is 3. The molecule has 0 aliphatic carbocycles. The van der Waals surface area contributed by atoms with Crippen molar-refractivity contribution in [3.8, 4) is 11.5 Å². The zero-order valence-corrected chi connectivity index (χ0v) is 19.3. The number of pyridine rings is 1. The topological polar surface area (TPSA) is 116 Å². The van der Waals surface area contributed by atoms with Crippen molar-refractivity contribution in [2.75, 3.05) is 6.61 Å². The molecule has 8 heteroatoms. The lowest BCUT2D eigenvalue weighted by Crippen LogP contribution is -2.52. The number of amides is 1. The molecule has 0 saturated carbocycles. The molecule has 2 aliphatic heterocycles. The molecule has 2 aromatic rings. The first-order valence-electron chi connectivity index (χ1n) is 11.0. The summed E-state index contributed by atoms with van der Waals surface area (Å²) < 4.78 is 18.4. The van der Waals surface area contributed by atoms with Crippen LogP contribution in [0, 0.1) is 27.7 Å². The number of fused-ring (bicyclic) bond motifs is 1. The number of nitrogens with one attached hydrogen (secondary N) is 2. The molecule has 1 aromatic carbocycles. The van der Waals surface area contributed by atoms with E-state index in [0.29, 0.717) is 34.8 Å². The molecule has 0 radical (unpaired) electrons. The number of benzene rings is 1. The van der Waals surface area contributed by atoms with E-state index in [1.54, 1.807) is 6.07 Å². The molecular weight excluding hydrogens is 410 g/mol. The van der Waals surface area contributed by atoms with Crippen LogP contribution < -0.4 is 26.1 Å². The molecule has 32 heavy (non-hydrogen) atoms. The first kappa shape index (κ1) is 22.4. The predicted octanol–water partition coefficient (Wildman–Crippen LogP) is 2.53. The van der Waals surface area contributed by atoms with Gasteiger partial charge in [-0.05, 0) is 63.8 Å². The van der Waals surface area contributed by atoms with E-state index in [4.69, 9.17) is 19.9 Å². The number of aromatic amines is 1. The maximum atomic E-state index is 13.0. The van der Waals surface area contributed by atoms with Gasteiger partial charge in [0.2, 0.25) is 0 Å². The van der Waals surface area contributed by atoms with Crippen LogP contribution in [0.4, 0.5) is 0 Å². The third-order valence-corrected chi connectivity index (χ3v) is 6.34. The van der Waals surface area contributed by atoms with Gasteiger partial charge in [-0.25, -0.2) is 0 Å². The zero-order chi connectivity index (χ0) is 23.2. The monoisotopic (exact) mass is 441 g/mol. The van der Waals surface area contributed by atoms with E-state index in [2.05, 4.69) is 10.3 Å². The molecule has 3 heterocycles. The minimum absolute atomic E-state index is 0.0294. The molecule has 8 nitrogen and oxygen atoms in total. The number of nitrogens with two attached hydrogens (primary N) is 1. The van der Waals surface area contributed by atoms with Gasteiger partial charge in [-0.3, -0.25) is 9.59 Å². The van der Waals surface area contributed by atoms with Crippen LogP contribution in [-0.2, 0) is 11.3 Å². The molecular formula is C24H31N3O5. The first-order valence-corrected chi connectivity index (χ1v) is 11.0. The highest BCUT2D eigenvalue weighted by Crippen LogP contribution is 2.47. The van der Waals surface area contributed by atoms with E-state index < -0.39 is 5.79 Å². The summed E-state index contributed by atoms with van der Waals surface area (Å²) >= 11 is 0. The molecule has 2 aliphatic rings. The van der Waals surface area contributed by atoms with E-state index in [9.17, 15) is 9.59 Å². The van der Waals surface area contributed by atoms with E-state index in [-0.39, 0.29) is 30.2 Å². The van der Waals surface area contributed by atoms with Crippen molar-refractivity contribution < 1.29 is 19.0 Å². The van der Waals surface area contributed by atoms with Gasteiger partial charge >= 0.3 is 0 Å². The number of hydrogen-bond acceptors (Lipinski definition) is 6. The standard InChI is InChI=1S/C24H31N3O5/c1-12-8-14(3)27-23(29)18(12)10-26-22(28)17-9-13(2)20-21(15(17)4)32-24(5,31-20)19-7-6-16(25)11-30-19/h8-9,16,19H,6-7,10-11,25H2,1-5H3,(H,26,28)(H,27,29)/t16-,19+,24?/m1/s1. The summed E-state index contributed by atoms with van der Waals surface area (Å²) in [7, 11) is 0. The van der Waals surface area contributed by atoms with Crippen LogP contribution in [0.1, 0.15) is 58.1 Å². The summed E-state index contributed by atoms with van der Waals surface area (Å²) in [6.45, 7) is 9.88. The number of ether oxygens (including phenoxy) is 3. The van der Waals surface area contributed by atoms with Gasteiger partial charge < -0.3 is 30.2 Å². The summed E-state index contributed by atoms with van der Waals surface area (Å²) in [6, 6.07) is 3.71. The Kier molecular flexibility index (Phi) is 5.77. The Balaban J connectivity index is 1.55. The van der Waals surface area contributed by atoms with Crippen molar-refractivity contribution in [2.24, 2.45) is 5.73 Å². The second-order valence-electron chi connectivity index (χ2n) is 9.03. The molecule has 1 amide bonds. The first-order chi connectivity index (χ1) is 15.1. The number of H-pyrrole nitrogens is 1. The van der Waals surface area contributed by atoms with E-state index in [1.165, 1.54) is 0 Å². The number of hydrogen-bond donors (Lipinski definition) is 3. The molecule has 1 aromatic heterocycles. The zero-order valence-electron chi connectivity index (χ0n) is 19.3. The van der Waals surface area contributed by atoms with Gasteiger partial charge in [0, 0.05) is 41.9 Å². The summed E-state index contributed by atoms with van der Waals surface area (Å²) in [5.74, 6) is -0.0597. The van der Waals surface area contributed by atoms with Gasteiger partial charge in [0.05, 0.1) is 6.61 Å². The van der Waals surface area contributed by atoms with Gasteiger partial charge in [-0.15, -0.1) is 0 Å². The smallest absolute Gasteiger partial charge is 0.274 e. The Hall–Kier alpha value is -2.84. The maximum absolute atomic E-state index is 13.0. The highest BCUT2D eigenvalue weighted by atomic mass is 16.8. The molecule has 0 bridgehead atoms. The average molecular weight is 442 g/mol. The third-order valence-electron chi connectivity index (χ3n) is 6.34. The Labute approximate surface area is 187 Å². The molecule has 1 saturated heterocycles. The number of aromatic nitrogens is 1. The molecule has 172 valence electrons. The van der Waals surface area contributed by atoms with Crippen molar-refractivity contribution in [3.63, 3.8) is 0 Å². The highest BCUT2D eigenvalue weighted by Gasteiger charge is 2.48. The van der Waals surface area contributed by atoms with Gasteiger partial charge in [-0.1, -0.05) is 0 Å². The largest absolute Gasteiger partial charge is 0.446 e. The maximum Gasteiger partial charge on any atom is 0.274 e. The quantitative estimate of drug-likeness (QED) is 0.672. The Bertz CT molecular complexity index is 1120. The Morgan fingerprint density at radius 1 is 1.16 bits per heavy atom. The summed E-state index contributed by atoms with van der Waals surface area (Å²) in [4.78, 5) is 28.1. The lowest BCUT2D eigenvalue weighted by atomic mass is 10.00. The van der Waals surface area contributed by atoms with Gasteiger partial charge in [-0.2, -0.15) is 0 Å². The lowest BCUT2D eigenvalue weighted by molar-refractivity contribution is -0.184. The number of carbonyl (C=O) groups excluding carboxylic acids is 1. The fourth-order valence-electron chi connectivity index (χ4n) is 4.46. The highest BCUT2D eigenvalue weighted by molar-refractivity contribution is 5.97. The fraction of sp³-hybridized carbons (Fsp3) is 0.500. The molecule has 1 unspecified atom stereocenters. The summed E-state index contributed by atoms with van der Waals surface area (Å²) in [6.07, 6.45) is 1.33. The van der Waals surface area contributed by atoms with Crippen LogP contribution in [0.15, 0.2) is 16.9 Å². The Morgan fingerprint density at radius 2 is 1.88 bits per heavy atom. The van der Waals surface area contributed by atoms with E-state index >= 15 is 0 Å². The Morgan fingerprint density at radius 3 is 2.53 bits per heavy atom. The van der Waals surface area contributed by atoms with Crippen molar-refractivity contribution >= 4 is 5.91 Å². The normalized spacial score (nSPS) is 24.4. The summed E-state index contributed by atoms with van der Waals surface area (Å²) in [5, 5.41) is 2.87. The van der Waals surface area contributed by atoms with Crippen molar-refractivity contribution in [3.05, 3.63) is 56.0 Å². The van der Waals surface area contributed by atoms with Gasteiger partial charge in [0.15, 0.2) is 11.5 Å². The van der Waals surface area contributed by atoms with Crippen LogP contribution in [0.5, 0.6) is 11.5 Å². The van der Waals surface area contributed by atoms with Gasteiger partial charge in [0.25, 0.3) is 17.3 Å². The fourth-order valence-corrected chi connectivity index (χ4v) is 4.46. The predicted molar refractivity (Wildman–Crippen MR) is 120 cm³/mol. The number of carbonyl (C=O) groups is 1. The molecule has 1 fully saturated rings. The van der Waals surface area contributed by atoms with Crippen molar-refractivity contribution in [1.29, 1.82) is 0 Å². The van der Waals surface area contributed by atoms with Crippen LogP contribution in [-0.4, -0.2) is 35.4 Å². The van der Waals surface area contributed by atoms with Crippen LogP contribution in [0.2, 0.25) is 0 Å².